The van der Waals surface area contributed by atoms with Crippen LogP contribution in [-0.2, 0) is 14.3 Å². The Kier molecular flexibility index (Phi) is 4.08. The van der Waals surface area contributed by atoms with Crippen LogP contribution in [0.25, 0.3) is 0 Å². The molecule has 1 saturated heterocycles. The van der Waals surface area contributed by atoms with Crippen LogP contribution in [0.2, 0.25) is 0 Å². The summed E-state index contributed by atoms with van der Waals surface area (Å²) in [5.74, 6) is -1.19. The Hall–Kier alpha value is -1.10. The summed E-state index contributed by atoms with van der Waals surface area (Å²) in [6.07, 6.45) is 1.53. The number of hydrogen-bond acceptors (Lipinski definition) is 3. The molecule has 5 nitrogen and oxygen atoms in total. The van der Waals surface area contributed by atoms with E-state index in [1.54, 1.807) is 6.92 Å². The largest absolute Gasteiger partial charge is 0.480 e. The molecule has 2 unspecified atom stereocenters. The lowest BCUT2D eigenvalue weighted by atomic mass is 10.1. The van der Waals surface area contributed by atoms with Crippen molar-refractivity contribution in [3.05, 3.63) is 0 Å². The van der Waals surface area contributed by atoms with Gasteiger partial charge < -0.3 is 14.7 Å². The molecule has 86 valence electrons. The fraction of sp³-hybridized carbons (Fsp3) is 0.800. The van der Waals surface area contributed by atoms with Crippen molar-refractivity contribution in [3.63, 3.8) is 0 Å². The SMILES string of the molecule is CCC(C(=O)O)N(C)C(=O)C1CCCO1. The van der Waals surface area contributed by atoms with Crippen LogP contribution >= 0.6 is 0 Å². The van der Waals surface area contributed by atoms with Gasteiger partial charge in [0.25, 0.3) is 5.91 Å². The first-order chi connectivity index (χ1) is 7.07. The molecule has 0 aliphatic carbocycles. The number of likely N-dealkylation sites (N-methyl/N-ethyl adjacent to an activating group) is 1. The first kappa shape index (κ1) is 12.0. The van der Waals surface area contributed by atoms with Gasteiger partial charge in [-0.3, -0.25) is 4.79 Å². The fourth-order valence-electron chi connectivity index (χ4n) is 1.77. The van der Waals surface area contributed by atoms with Crippen LogP contribution in [0.4, 0.5) is 0 Å². The van der Waals surface area contributed by atoms with Gasteiger partial charge in [0.05, 0.1) is 0 Å². The van der Waals surface area contributed by atoms with Gasteiger partial charge in [0.2, 0.25) is 0 Å². The summed E-state index contributed by atoms with van der Waals surface area (Å²) in [5.41, 5.74) is 0. The molecule has 0 spiro atoms. The molecule has 0 aromatic heterocycles. The number of carboxylic acids is 1. The monoisotopic (exact) mass is 215 g/mol. The summed E-state index contributed by atoms with van der Waals surface area (Å²) < 4.78 is 5.23. The minimum Gasteiger partial charge on any atom is -0.480 e. The summed E-state index contributed by atoms with van der Waals surface area (Å²) in [7, 11) is 1.52. The van der Waals surface area contributed by atoms with Crippen LogP contribution in [0.5, 0.6) is 0 Å². The van der Waals surface area contributed by atoms with Crippen LogP contribution in [0.15, 0.2) is 0 Å². The topological polar surface area (TPSA) is 66.8 Å². The van der Waals surface area contributed by atoms with E-state index in [4.69, 9.17) is 9.84 Å². The molecule has 2 atom stereocenters. The number of aliphatic carboxylic acids is 1. The van der Waals surface area contributed by atoms with Gasteiger partial charge in [0, 0.05) is 13.7 Å². The molecule has 1 fully saturated rings. The maximum atomic E-state index is 11.8. The molecule has 0 bridgehead atoms. The van der Waals surface area contributed by atoms with E-state index in [9.17, 15) is 9.59 Å². The molecule has 0 radical (unpaired) electrons. The van der Waals surface area contributed by atoms with Gasteiger partial charge >= 0.3 is 5.97 Å². The zero-order valence-electron chi connectivity index (χ0n) is 9.10. The third-order valence-electron chi connectivity index (χ3n) is 2.69. The average molecular weight is 215 g/mol. The molecule has 1 aliphatic heterocycles. The van der Waals surface area contributed by atoms with Crippen molar-refractivity contribution in [2.75, 3.05) is 13.7 Å². The molecule has 1 heterocycles. The molecular formula is C10H17NO4. The molecular weight excluding hydrogens is 198 g/mol. The zero-order valence-corrected chi connectivity index (χ0v) is 9.10. The Morgan fingerprint density at radius 3 is 2.67 bits per heavy atom. The second-order valence-electron chi connectivity index (χ2n) is 3.71. The van der Waals surface area contributed by atoms with Crippen LogP contribution in [0.1, 0.15) is 26.2 Å². The fourth-order valence-corrected chi connectivity index (χ4v) is 1.77. The number of nitrogens with zero attached hydrogens (tertiary/aromatic N) is 1. The summed E-state index contributed by atoms with van der Waals surface area (Å²) in [4.78, 5) is 23.9. The van der Waals surface area contributed by atoms with Crippen LogP contribution in [0, 0.1) is 0 Å². The number of carbonyl (C=O) groups is 2. The summed E-state index contributed by atoms with van der Waals surface area (Å²) in [6.45, 7) is 2.34. The molecule has 1 amide bonds. The number of carboxylic acid groups (broad SMARTS) is 1. The highest BCUT2D eigenvalue weighted by molar-refractivity contribution is 5.86. The van der Waals surface area contributed by atoms with Gasteiger partial charge in [0.15, 0.2) is 0 Å². The second-order valence-corrected chi connectivity index (χ2v) is 3.71. The van der Waals surface area contributed by atoms with E-state index in [0.717, 1.165) is 6.42 Å². The minimum atomic E-state index is -0.966. The summed E-state index contributed by atoms with van der Waals surface area (Å²) >= 11 is 0. The number of ether oxygens (including phenoxy) is 1. The maximum absolute atomic E-state index is 11.8. The van der Waals surface area contributed by atoms with E-state index in [-0.39, 0.29) is 5.91 Å². The standard InChI is InChI=1S/C10H17NO4/c1-3-7(10(13)14)11(2)9(12)8-5-4-6-15-8/h7-8H,3-6H2,1-2H3,(H,13,14). The van der Waals surface area contributed by atoms with Crippen molar-refractivity contribution in [1.82, 2.24) is 4.90 Å². The molecule has 5 heteroatoms. The number of hydrogen-bond donors (Lipinski definition) is 1. The zero-order chi connectivity index (χ0) is 11.4. The molecule has 15 heavy (non-hydrogen) atoms. The van der Waals surface area contributed by atoms with Crippen molar-refractivity contribution < 1.29 is 19.4 Å². The van der Waals surface area contributed by atoms with Gasteiger partial charge in [-0.25, -0.2) is 4.79 Å². The van der Waals surface area contributed by atoms with Crippen molar-refractivity contribution >= 4 is 11.9 Å². The van der Waals surface area contributed by atoms with Crippen LogP contribution < -0.4 is 0 Å². The highest BCUT2D eigenvalue weighted by Gasteiger charge is 2.32. The summed E-state index contributed by atoms with van der Waals surface area (Å²) in [6, 6.07) is -0.748. The normalized spacial score (nSPS) is 22.4. The van der Waals surface area contributed by atoms with Crippen molar-refractivity contribution in [2.45, 2.75) is 38.3 Å². The highest BCUT2D eigenvalue weighted by atomic mass is 16.5. The van der Waals surface area contributed by atoms with E-state index < -0.39 is 18.1 Å². The third kappa shape index (κ3) is 2.68. The molecule has 1 N–H and O–H groups in total. The lowest BCUT2D eigenvalue weighted by molar-refractivity contribution is -0.153. The van der Waals surface area contributed by atoms with Gasteiger partial charge in [0.1, 0.15) is 12.1 Å². The maximum Gasteiger partial charge on any atom is 0.326 e. The third-order valence-corrected chi connectivity index (χ3v) is 2.69. The van der Waals surface area contributed by atoms with Gasteiger partial charge in [-0.1, -0.05) is 6.92 Å². The van der Waals surface area contributed by atoms with E-state index in [1.807, 2.05) is 0 Å². The number of carbonyl (C=O) groups excluding carboxylic acids is 1. The smallest absolute Gasteiger partial charge is 0.326 e. The molecule has 0 saturated carbocycles. The van der Waals surface area contributed by atoms with Gasteiger partial charge in [-0.2, -0.15) is 0 Å². The van der Waals surface area contributed by atoms with Crippen LogP contribution in [0.3, 0.4) is 0 Å². The Balaban J connectivity index is 2.60. The lowest BCUT2D eigenvalue weighted by Gasteiger charge is -2.25. The summed E-state index contributed by atoms with van der Waals surface area (Å²) in [5, 5.41) is 8.90. The minimum absolute atomic E-state index is 0.221. The second kappa shape index (κ2) is 5.11. The predicted octanol–water partition coefficient (Wildman–Crippen LogP) is 0.487. The van der Waals surface area contributed by atoms with Crippen LogP contribution in [-0.4, -0.2) is 47.7 Å². The van der Waals surface area contributed by atoms with Gasteiger partial charge in [-0.15, -0.1) is 0 Å². The lowest BCUT2D eigenvalue weighted by Crippen LogP contribution is -2.46. The van der Waals surface area contributed by atoms with Gasteiger partial charge in [-0.05, 0) is 19.3 Å². The van der Waals surface area contributed by atoms with E-state index in [2.05, 4.69) is 0 Å². The Morgan fingerprint density at radius 1 is 1.60 bits per heavy atom. The number of amides is 1. The van der Waals surface area contributed by atoms with Crippen molar-refractivity contribution in [2.24, 2.45) is 0 Å². The Labute approximate surface area is 89.0 Å². The highest BCUT2D eigenvalue weighted by Crippen LogP contribution is 2.16. The van der Waals surface area contributed by atoms with E-state index >= 15 is 0 Å². The van der Waals surface area contributed by atoms with Crippen molar-refractivity contribution in [1.29, 1.82) is 0 Å². The average Bonchev–Trinajstić information content (AvgIpc) is 2.69. The van der Waals surface area contributed by atoms with E-state index in [0.29, 0.717) is 19.4 Å². The van der Waals surface area contributed by atoms with Crippen molar-refractivity contribution in [3.8, 4) is 0 Å². The first-order valence-electron chi connectivity index (χ1n) is 5.19. The molecule has 1 aliphatic rings. The Morgan fingerprint density at radius 2 is 2.27 bits per heavy atom. The quantitative estimate of drug-likeness (QED) is 0.741. The molecule has 1 rings (SSSR count). The predicted molar refractivity (Wildman–Crippen MR) is 53.5 cm³/mol. The van der Waals surface area contributed by atoms with E-state index in [1.165, 1.54) is 11.9 Å². The first-order valence-corrected chi connectivity index (χ1v) is 5.19. The number of rotatable bonds is 4. The Bertz CT molecular complexity index is 248. The molecule has 0 aromatic rings. The molecule has 0 aromatic carbocycles.